The lowest BCUT2D eigenvalue weighted by Crippen LogP contribution is -2.47. The highest BCUT2D eigenvalue weighted by molar-refractivity contribution is 5.79. The molecule has 0 spiro atoms. The van der Waals surface area contributed by atoms with Crippen LogP contribution in [0.2, 0.25) is 0 Å². The fraction of sp³-hybridized carbons (Fsp3) is 0.393. The van der Waals surface area contributed by atoms with Crippen molar-refractivity contribution in [3.63, 3.8) is 0 Å². The zero-order valence-electron chi connectivity index (χ0n) is 20.7. The van der Waals surface area contributed by atoms with E-state index in [1.807, 2.05) is 35.2 Å². The number of benzene rings is 2. The van der Waals surface area contributed by atoms with E-state index in [2.05, 4.69) is 59.0 Å². The van der Waals surface area contributed by atoms with Gasteiger partial charge in [0, 0.05) is 64.0 Å². The summed E-state index contributed by atoms with van der Waals surface area (Å²) in [4.78, 5) is 32.0. The maximum absolute atomic E-state index is 13.0. The summed E-state index contributed by atoms with van der Waals surface area (Å²) in [5, 5.41) is 0. The number of hydrogen-bond acceptors (Lipinski definition) is 6. The van der Waals surface area contributed by atoms with Gasteiger partial charge >= 0.3 is 0 Å². The monoisotopic (exact) mass is 470 g/mol. The third-order valence-corrected chi connectivity index (χ3v) is 7.10. The summed E-state index contributed by atoms with van der Waals surface area (Å²) in [5.41, 5.74) is 4.49. The van der Waals surface area contributed by atoms with Crippen LogP contribution < -0.4 is 14.7 Å². The van der Waals surface area contributed by atoms with E-state index in [0.717, 1.165) is 67.7 Å². The Bertz CT molecular complexity index is 1140. The highest BCUT2D eigenvalue weighted by Gasteiger charge is 2.28. The second-order valence-corrected chi connectivity index (χ2v) is 9.32. The molecular weight excluding hydrogens is 436 g/mol. The number of carbonyl (C=O) groups excluding carboxylic acids is 1. The van der Waals surface area contributed by atoms with Gasteiger partial charge in [0.25, 0.3) is 0 Å². The summed E-state index contributed by atoms with van der Waals surface area (Å²) in [7, 11) is 2.07. The van der Waals surface area contributed by atoms with Crippen LogP contribution in [-0.2, 0) is 24.2 Å². The molecule has 5 rings (SSSR count). The SMILES string of the molecule is CCN(C)c1nc(N2CCN(c3ccccc3)CC2)nc2c1CN(C(=O)Cc1ccccc1)CC2. The van der Waals surface area contributed by atoms with Gasteiger partial charge in [-0.25, -0.2) is 4.98 Å². The maximum Gasteiger partial charge on any atom is 0.227 e. The lowest BCUT2D eigenvalue weighted by Gasteiger charge is -2.37. The second-order valence-electron chi connectivity index (χ2n) is 9.32. The summed E-state index contributed by atoms with van der Waals surface area (Å²) in [6.45, 7) is 7.94. The van der Waals surface area contributed by atoms with E-state index >= 15 is 0 Å². The van der Waals surface area contributed by atoms with Crippen molar-refractivity contribution in [3.05, 3.63) is 77.5 Å². The predicted octanol–water partition coefficient (Wildman–Crippen LogP) is 3.39. The minimum Gasteiger partial charge on any atom is -0.368 e. The number of piperazine rings is 1. The van der Waals surface area contributed by atoms with Gasteiger partial charge in [-0.3, -0.25) is 4.79 Å². The highest BCUT2D eigenvalue weighted by Crippen LogP contribution is 2.29. The lowest BCUT2D eigenvalue weighted by molar-refractivity contribution is -0.131. The molecule has 2 aliphatic rings. The van der Waals surface area contributed by atoms with Crippen molar-refractivity contribution in [2.75, 3.05) is 61.0 Å². The van der Waals surface area contributed by atoms with Gasteiger partial charge < -0.3 is 19.6 Å². The molecule has 3 aromatic rings. The van der Waals surface area contributed by atoms with Gasteiger partial charge in [-0.15, -0.1) is 0 Å². The topological polar surface area (TPSA) is 55.8 Å². The van der Waals surface area contributed by atoms with E-state index in [9.17, 15) is 4.79 Å². The Hall–Kier alpha value is -3.61. The first kappa shape index (κ1) is 23.1. The number of aromatic nitrogens is 2. The molecule has 2 aliphatic heterocycles. The normalized spacial score (nSPS) is 15.7. The van der Waals surface area contributed by atoms with E-state index in [0.29, 0.717) is 19.5 Å². The third-order valence-electron chi connectivity index (χ3n) is 7.10. The number of hydrogen-bond donors (Lipinski definition) is 0. The Labute approximate surface area is 208 Å². The average molecular weight is 471 g/mol. The van der Waals surface area contributed by atoms with Gasteiger partial charge in [-0.05, 0) is 24.6 Å². The van der Waals surface area contributed by atoms with Crippen LogP contribution in [0.25, 0.3) is 0 Å². The van der Waals surface area contributed by atoms with E-state index in [4.69, 9.17) is 9.97 Å². The molecule has 2 aromatic carbocycles. The standard InChI is InChI=1S/C28H34N6O/c1-3-31(2)27-24-21-34(26(35)20-22-10-6-4-7-11-22)15-14-25(24)29-28(30-27)33-18-16-32(17-19-33)23-12-8-5-9-13-23/h4-13H,3,14-21H2,1-2H3. The molecule has 1 amide bonds. The van der Waals surface area contributed by atoms with Crippen molar-refractivity contribution in [1.29, 1.82) is 0 Å². The maximum atomic E-state index is 13.0. The molecule has 0 saturated carbocycles. The smallest absolute Gasteiger partial charge is 0.227 e. The molecule has 0 N–H and O–H groups in total. The van der Waals surface area contributed by atoms with E-state index in [1.165, 1.54) is 5.69 Å². The molecule has 0 aliphatic carbocycles. The number of carbonyl (C=O) groups is 1. The van der Waals surface area contributed by atoms with Crippen molar-refractivity contribution in [1.82, 2.24) is 14.9 Å². The third kappa shape index (κ3) is 5.09. The molecule has 1 fully saturated rings. The largest absolute Gasteiger partial charge is 0.368 e. The lowest BCUT2D eigenvalue weighted by atomic mass is 10.0. The second kappa shape index (κ2) is 10.3. The van der Waals surface area contributed by atoms with Crippen LogP contribution in [0.1, 0.15) is 23.7 Å². The van der Waals surface area contributed by atoms with Crippen molar-refractivity contribution in [2.45, 2.75) is 26.3 Å². The highest BCUT2D eigenvalue weighted by atomic mass is 16.2. The fourth-order valence-electron chi connectivity index (χ4n) is 4.89. The van der Waals surface area contributed by atoms with Crippen molar-refractivity contribution < 1.29 is 4.79 Å². The van der Waals surface area contributed by atoms with Crippen LogP contribution >= 0.6 is 0 Å². The average Bonchev–Trinajstić information content (AvgIpc) is 2.93. The first-order chi connectivity index (χ1) is 17.1. The van der Waals surface area contributed by atoms with Crippen molar-refractivity contribution >= 4 is 23.4 Å². The minimum atomic E-state index is 0.160. The molecule has 7 heteroatoms. The van der Waals surface area contributed by atoms with Gasteiger partial charge in [-0.1, -0.05) is 48.5 Å². The van der Waals surface area contributed by atoms with E-state index in [1.54, 1.807) is 0 Å². The Balaban J connectivity index is 1.33. The van der Waals surface area contributed by atoms with Gasteiger partial charge in [0.2, 0.25) is 11.9 Å². The molecule has 3 heterocycles. The number of fused-ring (bicyclic) bond motifs is 1. The number of rotatable bonds is 6. The van der Waals surface area contributed by atoms with Crippen molar-refractivity contribution in [3.8, 4) is 0 Å². The Morgan fingerprint density at radius 1 is 0.886 bits per heavy atom. The Morgan fingerprint density at radius 2 is 1.54 bits per heavy atom. The Morgan fingerprint density at radius 3 is 2.23 bits per heavy atom. The molecule has 0 unspecified atom stereocenters. The van der Waals surface area contributed by atoms with Gasteiger partial charge in [0.1, 0.15) is 5.82 Å². The molecule has 7 nitrogen and oxygen atoms in total. The summed E-state index contributed by atoms with van der Waals surface area (Å²) >= 11 is 0. The summed E-state index contributed by atoms with van der Waals surface area (Å²) in [6, 6.07) is 20.6. The van der Waals surface area contributed by atoms with Crippen LogP contribution in [0.3, 0.4) is 0 Å². The number of anilines is 3. The molecular formula is C28H34N6O. The van der Waals surface area contributed by atoms with Crippen LogP contribution in [0, 0.1) is 0 Å². The quantitative estimate of drug-likeness (QED) is 0.551. The molecule has 0 atom stereocenters. The zero-order chi connectivity index (χ0) is 24.2. The molecule has 1 aromatic heterocycles. The zero-order valence-corrected chi connectivity index (χ0v) is 20.7. The van der Waals surface area contributed by atoms with Gasteiger partial charge in [-0.2, -0.15) is 4.98 Å². The van der Waals surface area contributed by atoms with Crippen molar-refractivity contribution in [2.24, 2.45) is 0 Å². The summed E-state index contributed by atoms with van der Waals surface area (Å²) < 4.78 is 0. The molecule has 0 bridgehead atoms. The molecule has 1 saturated heterocycles. The van der Waals surface area contributed by atoms with Crippen LogP contribution in [-0.4, -0.2) is 67.1 Å². The Kier molecular flexibility index (Phi) is 6.84. The predicted molar refractivity (Wildman–Crippen MR) is 141 cm³/mol. The number of para-hydroxylation sites is 1. The minimum absolute atomic E-state index is 0.160. The summed E-state index contributed by atoms with van der Waals surface area (Å²) in [6.07, 6.45) is 1.19. The van der Waals surface area contributed by atoms with Gasteiger partial charge in [0.15, 0.2) is 0 Å². The van der Waals surface area contributed by atoms with Crippen LogP contribution in [0.4, 0.5) is 17.5 Å². The molecule has 182 valence electrons. The molecule has 0 radical (unpaired) electrons. The van der Waals surface area contributed by atoms with Crippen LogP contribution in [0.5, 0.6) is 0 Å². The first-order valence-electron chi connectivity index (χ1n) is 12.6. The molecule has 35 heavy (non-hydrogen) atoms. The van der Waals surface area contributed by atoms with E-state index in [-0.39, 0.29) is 5.91 Å². The van der Waals surface area contributed by atoms with E-state index < -0.39 is 0 Å². The fourth-order valence-corrected chi connectivity index (χ4v) is 4.89. The summed E-state index contributed by atoms with van der Waals surface area (Å²) in [5.74, 6) is 1.93. The number of amides is 1. The van der Waals surface area contributed by atoms with Gasteiger partial charge in [0.05, 0.1) is 18.7 Å². The number of nitrogens with zero attached hydrogens (tertiary/aromatic N) is 6. The van der Waals surface area contributed by atoms with Crippen LogP contribution in [0.15, 0.2) is 60.7 Å². The first-order valence-corrected chi connectivity index (χ1v) is 12.6.